The summed E-state index contributed by atoms with van der Waals surface area (Å²) in [5.41, 5.74) is 0.116. The second kappa shape index (κ2) is 5.58. The van der Waals surface area contributed by atoms with Gasteiger partial charge in [0.1, 0.15) is 0 Å². The summed E-state index contributed by atoms with van der Waals surface area (Å²) in [6.07, 6.45) is 0.345. The van der Waals surface area contributed by atoms with Crippen molar-refractivity contribution in [2.75, 3.05) is 13.1 Å². The van der Waals surface area contributed by atoms with Gasteiger partial charge in [0, 0.05) is 18.5 Å². The molecule has 0 aliphatic heterocycles. The van der Waals surface area contributed by atoms with Crippen LogP contribution in [0.1, 0.15) is 40.5 Å². The zero-order valence-corrected chi connectivity index (χ0v) is 9.25. The van der Waals surface area contributed by atoms with E-state index >= 15 is 0 Å². The maximum atomic E-state index is 8.76. The number of aliphatic hydroxyl groups is 2. The number of hydrogen-bond donors (Lipinski definition) is 2. The van der Waals surface area contributed by atoms with Crippen molar-refractivity contribution in [2.24, 2.45) is 0 Å². The highest BCUT2D eigenvalue weighted by Crippen LogP contribution is 2.14. The van der Waals surface area contributed by atoms with Gasteiger partial charge < -0.3 is 10.2 Å². The van der Waals surface area contributed by atoms with E-state index < -0.39 is 6.29 Å². The molecule has 0 saturated heterocycles. The maximum Gasteiger partial charge on any atom is 0.152 e. The lowest BCUT2D eigenvalue weighted by Crippen LogP contribution is -2.43. The molecular formula is C10H23NO2. The molecule has 0 radical (unpaired) electrons. The van der Waals surface area contributed by atoms with E-state index in [9.17, 15) is 0 Å². The van der Waals surface area contributed by atoms with Crippen molar-refractivity contribution in [1.29, 1.82) is 0 Å². The Morgan fingerprint density at radius 3 is 2.00 bits per heavy atom. The van der Waals surface area contributed by atoms with Gasteiger partial charge in [0.15, 0.2) is 6.29 Å². The van der Waals surface area contributed by atoms with Gasteiger partial charge in [-0.2, -0.15) is 0 Å². The van der Waals surface area contributed by atoms with E-state index in [1.807, 2.05) is 0 Å². The minimum atomic E-state index is -1.18. The number of rotatable bonds is 5. The van der Waals surface area contributed by atoms with Crippen molar-refractivity contribution in [3.63, 3.8) is 0 Å². The van der Waals surface area contributed by atoms with Crippen molar-refractivity contribution in [1.82, 2.24) is 4.90 Å². The topological polar surface area (TPSA) is 43.7 Å². The van der Waals surface area contributed by atoms with E-state index in [1.165, 1.54) is 0 Å². The van der Waals surface area contributed by atoms with Crippen LogP contribution in [0.4, 0.5) is 0 Å². The first kappa shape index (κ1) is 12.9. The fourth-order valence-corrected chi connectivity index (χ4v) is 1.32. The average Bonchev–Trinajstić information content (AvgIpc) is 1.95. The minimum absolute atomic E-state index is 0.116. The molecule has 0 bridgehead atoms. The standard InChI is InChI=1S/C10H23NO2/c1-5-7-11(10(2,3)4)8-6-9(12)13/h9,12-13H,5-8H2,1-4H3. The minimum Gasteiger partial charge on any atom is -0.368 e. The van der Waals surface area contributed by atoms with Crippen LogP contribution in [-0.4, -0.2) is 40.0 Å². The summed E-state index contributed by atoms with van der Waals surface area (Å²) in [6.45, 7) is 10.3. The van der Waals surface area contributed by atoms with Crippen molar-refractivity contribution in [3.05, 3.63) is 0 Å². The Kier molecular flexibility index (Phi) is 5.53. The van der Waals surface area contributed by atoms with Gasteiger partial charge in [-0.1, -0.05) is 6.92 Å². The molecule has 0 atom stereocenters. The molecule has 0 aliphatic rings. The summed E-state index contributed by atoms with van der Waals surface area (Å²) < 4.78 is 0. The molecule has 13 heavy (non-hydrogen) atoms. The summed E-state index contributed by atoms with van der Waals surface area (Å²) in [5, 5.41) is 17.5. The lowest BCUT2D eigenvalue weighted by Gasteiger charge is -2.35. The summed E-state index contributed by atoms with van der Waals surface area (Å²) in [7, 11) is 0. The Hall–Kier alpha value is -0.120. The van der Waals surface area contributed by atoms with Crippen molar-refractivity contribution in [2.45, 2.75) is 52.4 Å². The van der Waals surface area contributed by atoms with Gasteiger partial charge in [0.2, 0.25) is 0 Å². The molecule has 2 N–H and O–H groups in total. The summed E-state index contributed by atoms with van der Waals surface area (Å²) in [6, 6.07) is 0. The molecule has 3 heteroatoms. The molecule has 80 valence electrons. The Morgan fingerprint density at radius 1 is 1.15 bits per heavy atom. The highest BCUT2D eigenvalue weighted by molar-refractivity contribution is 4.75. The molecule has 0 heterocycles. The zero-order chi connectivity index (χ0) is 10.5. The summed E-state index contributed by atoms with van der Waals surface area (Å²) in [5.74, 6) is 0. The molecular weight excluding hydrogens is 166 g/mol. The van der Waals surface area contributed by atoms with Crippen LogP contribution in [0.3, 0.4) is 0 Å². The third-order valence-corrected chi connectivity index (χ3v) is 2.10. The zero-order valence-electron chi connectivity index (χ0n) is 9.25. The number of aliphatic hydroxyl groups excluding tert-OH is 1. The van der Waals surface area contributed by atoms with Crippen LogP contribution in [-0.2, 0) is 0 Å². The van der Waals surface area contributed by atoms with Gasteiger partial charge in [-0.05, 0) is 33.7 Å². The molecule has 0 rings (SSSR count). The van der Waals surface area contributed by atoms with Crippen molar-refractivity contribution >= 4 is 0 Å². The predicted octanol–water partition coefficient (Wildman–Crippen LogP) is 1.20. The van der Waals surface area contributed by atoms with Gasteiger partial charge in [-0.15, -0.1) is 0 Å². The SMILES string of the molecule is CCCN(CCC(O)O)C(C)(C)C. The Labute approximate surface area is 81.4 Å². The molecule has 0 amide bonds. The van der Waals surface area contributed by atoms with E-state index in [1.54, 1.807) is 0 Å². The third kappa shape index (κ3) is 6.02. The van der Waals surface area contributed by atoms with Gasteiger partial charge >= 0.3 is 0 Å². The Bertz CT molecular complexity index is 129. The van der Waals surface area contributed by atoms with Crippen LogP contribution in [0.2, 0.25) is 0 Å². The highest BCUT2D eigenvalue weighted by atomic mass is 16.5. The smallest absolute Gasteiger partial charge is 0.152 e. The van der Waals surface area contributed by atoms with Crippen LogP contribution in [0.5, 0.6) is 0 Å². The molecule has 0 fully saturated rings. The summed E-state index contributed by atoms with van der Waals surface area (Å²) in [4.78, 5) is 2.27. The highest BCUT2D eigenvalue weighted by Gasteiger charge is 2.20. The monoisotopic (exact) mass is 189 g/mol. The van der Waals surface area contributed by atoms with Crippen molar-refractivity contribution < 1.29 is 10.2 Å². The molecule has 0 spiro atoms. The lowest BCUT2D eigenvalue weighted by molar-refractivity contribution is -0.0547. The molecule has 0 unspecified atom stereocenters. The van der Waals surface area contributed by atoms with Gasteiger partial charge in [0.05, 0.1) is 0 Å². The first-order valence-electron chi connectivity index (χ1n) is 4.99. The van der Waals surface area contributed by atoms with Crippen LogP contribution in [0, 0.1) is 0 Å². The van der Waals surface area contributed by atoms with E-state index in [-0.39, 0.29) is 5.54 Å². The van der Waals surface area contributed by atoms with Gasteiger partial charge in [0.25, 0.3) is 0 Å². The number of nitrogens with zero attached hydrogens (tertiary/aromatic N) is 1. The van der Waals surface area contributed by atoms with Gasteiger partial charge in [-0.25, -0.2) is 0 Å². The molecule has 0 aliphatic carbocycles. The number of hydrogen-bond acceptors (Lipinski definition) is 3. The first-order valence-corrected chi connectivity index (χ1v) is 4.99. The average molecular weight is 189 g/mol. The molecule has 3 nitrogen and oxygen atoms in total. The maximum absolute atomic E-state index is 8.76. The van der Waals surface area contributed by atoms with Crippen LogP contribution < -0.4 is 0 Å². The third-order valence-electron chi connectivity index (χ3n) is 2.10. The first-order chi connectivity index (χ1) is 5.88. The molecule has 0 saturated carbocycles. The van der Waals surface area contributed by atoms with E-state index in [4.69, 9.17) is 10.2 Å². The summed E-state index contributed by atoms with van der Waals surface area (Å²) >= 11 is 0. The Morgan fingerprint density at radius 2 is 1.69 bits per heavy atom. The fourth-order valence-electron chi connectivity index (χ4n) is 1.32. The lowest BCUT2D eigenvalue weighted by atomic mass is 10.1. The predicted molar refractivity (Wildman–Crippen MR) is 54.5 cm³/mol. The second-order valence-electron chi connectivity index (χ2n) is 4.43. The normalized spacial score (nSPS) is 12.9. The van der Waals surface area contributed by atoms with E-state index in [0.29, 0.717) is 6.42 Å². The quantitative estimate of drug-likeness (QED) is 0.639. The fraction of sp³-hybridized carbons (Fsp3) is 1.00. The van der Waals surface area contributed by atoms with E-state index in [2.05, 4.69) is 32.6 Å². The molecule has 0 aromatic heterocycles. The Balaban J connectivity index is 3.95. The van der Waals surface area contributed by atoms with Crippen LogP contribution in [0.15, 0.2) is 0 Å². The van der Waals surface area contributed by atoms with Crippen LogP contribution in [0.25, 0.3) is 0 Å². The molecule has 0 aromatic carbocycles. The van der Waals surface area contributed by atoms with Gasteiger partial charge in [-0.3, -0.25) is 4.90 Å². The second-order valence-corrected chi connectivity index (χ2v) is 4.43. The van der Waals surface area contributed by atoms with E-state index in [0.717, 1.165) is 19.5 Å². The van der Waals surface area contributed by atoms with Crippen LogP contribution >= 0.6 is 0 Å². The molecule has 0 aromatic rings. The largest absolute Gasteiger partial charge is 0.368 e. The van der Waals surface area contributed by atoms with Crippen molar-refractivity contribution in [3.8, 4) is 0 Å².